The first kappa shape index (κ1) is 15.4. The average Bonchev–Trinajstić information content (AvgIpc) is 2.61. The van der Waals surface area contributed by atoms with Gasteiger partial charge in [-0.1, -0.05) is 66.7 Å². The SMILES string of the molecule is O=[N+]([O-])[C@@H]1[C@H](/C=C/c2ccccc2)OCC[C@@H]1c1ccccc1. The minimum absolute atomic E-state index is 0.120. The summed E-state index contributed by atoms with van der Waals surface area (Å²) >= 11 is 0. The van der Waals surface area contributed by atoms with E-state index in [0.29, 0.717) is 13.0 Å². The Hall–Kier alpha value is -2.46. The number of nitrogens with zero attached hydrogens (tertiary/aromatic N) is 1. The molecule has 1 fully saturated rings. The van der Waals surface area contributed by atoms with Gasteiger partial charge in [0, 0.05) is 11.5 Å². The van der Waals surface area contributed by atoms with Crippen LogP contribution in [0, 0.1) is 10.1 Å². The number of nitro groups is 1. The van der Waals surface area contributed by atoms with Crippen LogP contribution < -0.4 is 0 Å². The Bertz CT molecular complexity index is 670. The molecule has 3 rings (SSSR count). The van der Waals surface area contributed by atoms with Gasteiger partial charge in [0.15, 0.2) is 0 Å². The average molecular weight is 309 g/mol. The van der Waals surface area contributed by atoms with Crippen molar-refractivity contribution >= 4 is 6.08 Å². The van der Waals surface area contributed by atoms with E-state index in [9.17, 15) is 10.1 Å². The quantitative estimate of drug-likeness (QED) is 0.635. The molecule has 4 nitrogen and oxygen atoms in total. The molecule has 0 saturated carbocycles. The highest BCUT2D eigenvalue weighted by atomic mass is 16.6. The zero-order chi connectivity index (χ0) is 16.1. The molecule has 0 spiro atoms. The minimum Gasteiger partial charge on any atom is -0.367 e. The van der Waals surface area contributed by atoms with Crippen molar-refractivity contribution in [2.45, 2.75) is 24.5 Å². The Labute approximate surface area is 135 Å². The molecule has 3 atom stereocenters. The predicted molar refractivity (Wildman–Crippen MR) is 89.8 cm³/mol. The van der Waals surface area contributed by atoms with Crippen molar-refractivity contribution in [3.63, 3.8) is 0 Å². The molecule has 0 radical (unpaired) electrons. The van der Waals surface area contributed by atoms with Crippen LogP contribution in [-0.4, -0.2) is 23.7 Å². The molecule has 1 heterocycles. The summed E-state index contributed by atoms with van der Waals surface area (Å²) in [4.78, 5) is 11.5. The Balaban J connectivity index is 1.84. The van der Waals surface area contributed by atoms with Crippen LogP contribution in [0.15, 0.2) is 66.7 Å². The second-order valence-corrected chi connectivity index (χ2v) is 5.69. The molecule has 0 aromatic heterocycles. The molecule has 2 aromatic rings. The van der Waals surface area contributed by atoms with Gasteiger partial charge >= 0.3 is 0 Å². The summed E-state index contributed by atoms with van der Waals surface area (Å²) in [5, 5.41) is 11.7. The second-order valence-electron chi connectivity index (χ2n) is 5.69. The molecule has 0 N–H and O–H groups in total. The smallest absolute Gasteiger partial charge is 0.249 e. The van der Waals surface area contributed by atoms with Gasteiger partial charge in [-0.25, -0.2) is 0 Å². The summed E-state index contributed by atoms with van der Waals surface area (Å²) in [5.74, 6) is -0.120. The molecule has 2 aromatic carbocycles. The monoisotopic (exact) mass is 309 g/mol. The number of hydrogen-bond acceptors (Lipinski definition) is 3. The van der Waals surface area contributed by atoms with Gasteiger partial charge in [-0.3, -0.25) is 10.1 Å². The van der Waals surface area contributed by atoms with Gasteiger partial charge in [-0.05, 0) is 23.6 Å². The van der Waals surface area contributed by atoms with E-state index in [1.54, 1.807) is 0 Å². The highest BCUT2D eigenvalue weighted by Gasteiger charge is 2.42. The maximum Gasteiger partial charge on any atom is 0.249 e. The second kappa shape index (κ2) is 7.20. The summed E-state index contributed by atoms with van der Waals surface area (Å²) < 4.78 is 5.70. The van der Waals surface area contributed by atoms with Gasteiger partial charge in [0.2, 0.25) is 6.04 Å². The van der Waals surface area contributed by atoms with E-state index in [0.717, 1.165) is 11.1 Å². The van der Waals surface area contributed by atoms with Crippen LogP contribution >= 0.6 is 0 Å². The van der Waals surface area contributed by atoms with Crippen molar-refractivity contribution in [3.8, 4) is 0 Å². The molecular weight excluding hydrogens is 290 g/mol. The Morgan fingerprint density at radius 2 is 1.70 bits per heavy atom. The molecule has 1 aliphatic rings. The zero-order valence-electron chi connectivity index (χ0n) is 12.7. The van der Waals surface area contributed by atoms with Crippen LogP contribution in [-0.2, 0) is 4.74 Å². The van der Waals surface area contributed by atoms with Crippen LogP contribution in [0.2, 0.25) is 0 Å². The van der Waals surface area contributed by atoms with Gasteiger partial charge < -0.3 is 4.74 Å². The van der Waals surface area contributed by atoms with E-state index in [4.69, 9.17) is 4.74 Å². The fourth-order valence-electron chi connectivity index (χ4n) is 3.10. The number of rotatable bonds is 4. The molecule has 0 bridgehead atoms. The lowest BCUT2D eigenvalue weighted by Gasteiger charge is -2.31. The van der Waals surface area contributed by atoms with Crippen LogP contribution in [0.5, 0.6) is 0 Å². The lowest BCUT2D eigenvalue weighted by Crippen LogP contribution is -2.44. The maximum absolute atomic E-state index is 11.7. The third kappa shape index (κ3) is 3.66. The van der Waals surface area contributed by atoms with Gasteiger partial charge in [-0.2, -0.15) is 0 Å². The van der Waals surface area contributed by atoms with Gasteiger partial charge in [-0.15, -0.1) is 0 Å². The fourth-order valence-corrected chi connectivity index (χ4v) is 3.10. The first-order chi connectivity index (χ1) is 11.3. The highest BCUT2D eigenvalue weighted by Crippen LogP contribution is 2.33. The van der Waals surface area contributed by atoms with Crippen molar-refractivity contribution in [1.82, 2.24) is 0 Å². The molecule has 4 heteroatoms. The highest BCUT2D eigenvalue weighted by molar-refractivity contribution is 5.49. The Morgan fingerprint density at radius 1 is 1.04 bits per heavy atom. The summed E-state index contributed by atoms with van der Waals surface area (Å²) in [6.07, 6.45) is 3.88. The zero-order valence-corrected chi connectivity index (χ0v) is 12.7. The summed E-state index contributed by atoms with van der Waals surface area (Å²) in [7, 11) is 0. The normalized spacial score (nSPS) is 24.6. The number of benzene rings is 2. The molecule has 0 amide bonds. The van der Waals surface area contributed by atoms with Crippen LogP contribution in [0.3, 0.4) is 0 Å². The minimum atomic E-state index is -0.758. The molecule has 1 saturated heterocycles. The summed E-state index contributed by atoms with van der Waals surface area (Å²) in [5.41, 5.74) is 2.02. The van der Waals surface area contributed by atoms with Crippen LogP contribution in [0.1, 0.15) is 23.5 Å². The van der Waals surface area contributed by atoms with Crippen molar-refractivity contribution in [1.29, 1.82) is 0 Å². The lowest BCUT2D eigenvalue weighted by atomic mass is 9.84. The molecular formula is C19H19NO3. The maximum atomic E-state index is 11.7. The van der Waals surface area contributed by atoms with E-state index in [1.165, 1.54) is 0 Å². The van der Waals surface area contributed by atoms with Crippen molar-refractivity contribution in [3.05, 3.63) is 88.0 Å². The van der Waals surface area contributed by atoms with E-state index in [1.807, 2.05) is 72.8 Å². The van der Waals surface area contributed by atoms with Gasteiger partial charge in [0.1, 0.15) is 6.10 Å². The molecule has 0 unspecified atom stereocenters. The Kier molecular flexibility index (Phi) is 4.83. The third-order valence-corrected chi connectivity index (χ3v) is 4.24. The summed E-state index contributed by atoms with van der Waals surface area (Å²) in [6, 6.07) is 18.7. The van der Waals surface area contributed by atoms with Crippen molar-refractivity contribution < 1.29 is 9.66 Å². The van der Waals surface area contributed by atoms with E-state index < -0.39 is 12.1 Å². The largest absolute Gasteiger partial charge is 0.367 e. The van der Waals surface area contributed by atoms with Gasteiger partial charge in [0.25, 0.3) is 0 Å². The summed E-state index contributed by atoms with van der Waals surface area (Å²) in [6.45, 7) is 0.535. The third-order valence-electron chi connectivity index (χ3n) is 4.24. The lowest BCUT2D eigenvalue weighted by molar-refractivity contribution is -0.541. The van der Waals surface area contributed by atoms with E-state index in [2.05, 4.69) is 0 Å². The topological polar surface area (TPSA) is 52.4 Å². The number of ether oxygens (including phenoxy) is 1. The van der Waals surface area contributed by atoms with Crippen molar-refractivity contribution in [2.24, 2.45) is 0 Å². The molecule has 118 valence electrons. The standard InChI is InChI=1S/C19H19NO3/c21-20(22)19-17(16-9-5-2-6-10-16)13-14-23-18(19)12-11-15-7-3-1-4-8-15/h1-12,17-19H,13-14H2/b12-11+/t17-,18+,19+/m1/s1. The van der Waals surface area contributed by atoms with Crippen LogP contribution in [0.4, 0.5) is 0 Å². The van der Waals surface area contributed by atoms with Crippen molar-refractivity contribution in [2.75, 3.05) is 6.61 Å². The predicted octanol–water partition coefficient (Wildman–Crippen LogP) is 3.92. The fraction of sp³-hybridized carbons (Fsp3) is 0.263. The Morgan fingerprint density at radius 3 is 2.35 bits per heavy atom. The first-order valence-corrected chi connectivity index (χ1v) is 7.79. The molecule has 0 aliphatic carbocycles. The van der Waals surface area contributed by atoms with E-state index in [-0.39, 0.29) is 10.8 Å². The molecule has 23 heavy (non-hydrogen) atoms. The van der Waals surface area contributed by atoms with Gasteiger partial charge in [0.05, 0.1) is 5.92 Å². The number of hydrogen-bond donors (Lipinski definition) is 0. The first-order valence-electron chi connectivity index (χ1n) is 7.79. The van der Waals surface area contributed by atoms with Crippen LogP contribution in [0.25, 0.3) is 6.08 Å². The molecule has 1 aliphatic heterocycles. The van der Waals surface area contributed by atoms with E-state index >= 15 is 0 Å².